The van der Waals surface area contributed by atoms with Crippen LogP contribution >= 0.6 is 0 Å². The number of ether oxygens (including phenoxy) is 2. The Morgan fingerprint density at radius 3 is 2.86 bits per heavy atom. The predicted molar refractivity (Wildman–Crippen MR) is 106 cm³/mol. The first-order chi connectivity index (χ1) is 13.6. The van der Waals surface area contributed by atoms with E-state index in [1.54, 1.807) is 13.3 Å². The Labute approximate surface area is 162 Å². The summed E-state index contributed by atoms with van der Waals surface area (Å²) in [5.41, 5.74) is 4.73. The second-order valence-electron chi connectivity index (χ2n) is 6.95. The fourth-order valence-corrected chi connectivity index (χ4v) is 3.27. The summed E-state index contributed by atoms with van der Waals surface area (Å²) >= 11 is 0. The van der Waals surface area contributed by atoms with Crippen molar-refractivity contribution < 1.29 is 14.3 Å². The van der Waals surface area contributed by atoms with E-state index in [2.05, 4.69) is 15.3 Å². The molecule has 0 aliphatic carbocycles. The standard InChI is InChI=1S/C20H23N5O3/c1-25(2)8-9-28-20-17(27-3)11-16-18(24-20)12(4-6-21-16)15-10-13-14(23-15)5-7-22-19(13)26/h4,6,10-11,23H,5,7-9H2,1-3H3,(H,22,26). The number of H-pyrrole nitrogens is 1. The van der Waals surface area contributed by atoms with Crippen LogP contribution < -0.4 is 14.8 Å². The molecule has 28 heavy (non-hydrogen) atoms. The van der Waals surface area contributed by atoms with Gasteiger partial charge in [-0.1, -0.05) is 0 Å². The number of methoxy groups -OCH3 is 1. The third-order valence-corrected chi connectivity index (χ3v) is 4.74. The molecule has 0 radical (unpaired) electrons. The number of amides is 1. The number of hydrogen-bond donors (Lipinski definition) is 2. The predicted octanol–water partition coefficient (Wildman–Crippen LogP) is 1.86. The highest BCUT2D eigenvalue weighted by Gasteiger charge is 2.21. The number of aromatic amines is 1. The highest BCUT2D eigenvalue weighted by atomic mass is 16.5. The van der Waals surface area contributed by atoms with E-state index >= 15 is 0 Å². The average Bonchev–Trinajstić information content (AvgIpc) is 3.12. The van der Waals surface area contributed by atoms with Crippen molar-refractivity contribution in [2.45, 2.75) is 6.42 Å². The molecular formula is C20H23N5O3. The maximum absolute atomic E-state index is 12.1. The van der Waals surface area contributed by atoms with Gasteiger partial charge in [-0.2, -0.15) is 0 Å². The molecule has 8 heteroatoms. The van der Waals surface area contributed by atoms with Crippen molar-refractivity contribution in [2.75, 3.05) is 40.9 Å². The minimum absolute atomic E-state index is 0.0514. The maximum atomic E-state index is 12.1. The summed E-state index contributed by atoms with van der Waals surface area (Å²) in [6.07, 6.45) is 2.51. The molecule has 3 aromatic rings. The minimum Gasteiger partial charge on any atom is -0.491 e. The van der Waals surface area contributed by atoms with Crippen molar-refractivity contribution in [3.05, 3.63) is 35.7 Å². The molecule has 8 nitrogen and oxygen atoms in total. The quantitative estimate of drug-likeness (QED) is 0.677. The lowest BCUT2D eigenvalue weighted by molar-refractivity contribution is 0.0946. The molecule has 0 atom stereocenters. The van der Waals surface area contributed by atoms with E-state index in [-0.39, 0.29) is 5.91 Å². The van der Waals surface area contributed by atoms with Gasteiger partial charge in [-0.05, 0) is 26.2 Å². The molecule has 3 aromatic heterocycles. The Hall–Kier alpha value is -3.13. The largest absolute Gasteiger partial charge is 0.491 e. The molecule has 0 unspecified atom stereocenters. The summed E-state index contributed by atoms with van der Waals surface area (Å²) in [6.45, 7) is 1.90. The van der Waals surface area contributed by atoms with E-state index in [1.165, 1.54) is 0 Å². The van der Waals surface area contributed by atoms with Gasteiger partial charge in [0.05, 0.1) is 18.2 Å². The molecule has 1 amide bonds. The molecule has 4 heterocycles. The van der Waals surface area contributed by atoms with Crippen molar-refractivity contribution in [3.8, 4) is 22.9 Å². The lowest BCUT2D eigenvalue weighted by Gasteiger charge is -2.14. The molecule has 146 valence electrons. The molecule has 0 saturated heterocycles. The van der Waals surface area contributed by atoms with Crippen LogP contribution in [0.15, 0.2) is 24.4 Å². The summed E-state index contributed by atoms with van der Waals surface area (Å²) in [7, 11) is 5.56. The summed E-state index contributed by atoms with van der Waals surface area (Å²) < 4.78 is 11.3. The van der Waals surface area contributed by atoms with Gasteiger partial charge in [0.15, 0.2) is 5.75 Å². The van der Waals surface area contributed by atoms with Gasteiger partial charge in [-0.15, -0.1) is 0 Å². The second-order valence-corrected chi connectivity index (χ2v) is 6.95. The fraction of sp³-hybridized carbons (Fsp3) is 0.350. The van der Waals surface area contributed by atoms with Crippen LogP contribution in [0.4, 0.5) is 0 Å². The molecular weight excluding hydrogens is 358 g/mol. The first-order valence-electron chi connectivity index (χ1n) is 9.18. The van der Waals surface area contributed by atoms with Crippen LogP contribution in [0.1, 0.15) is 16.1 Å². The van der Waals surface area contributed by atoms with Gasteiger partial charge in [0.25, 0.3) is 11.8 Å². The Morgan fingerprint density at radius 2 is 2.11 bits per heavy atom. The van der Waals surface area contributed by atoms with Crippen LogP contribution in [-0.4, -0.2) is 66.7 Å². The van der Waals surface area contributed by atoms with E-state index in [0.29, 0.717) is 41.4 Å². The zero-order chi connectivity index (χ0) is 19.7. The number of fused-ring (bicyclic) bond motifs is 2. The second kappa shape index (κ2) is 7.47. The van der Waals surface area contributed by atoms with Crippen LogP contribution in [0.25, 0.3) is 22.3 Å². The van der Waals surface area contributed by atoms with Crippen molar-refractivity contribution in [2.24, 2.45) is 0 Å². The minimum atomic E-state index is -0.0514. The fourth-order valence-electron chi connectivity index (χ4n) is 3.27. The SMILES string of the molecule is COc1cc2nccc(-c3cc4c([nH]3)CCNC4=O)c2nc1OCCN(C)C. The van der Waals surface area contributed by atoms with Crippen LogP contribution in [0.3, 0.4) is 0 Å². The molecule has 4 rings (SSSR count). The number of aromatic nitrogens is 3. The van der Waals surface area contributed by atoms with Gasteiger partial charge < -0.3 is 24.7 Å². The number of rotatable bonds is 6. The Kier molecular flexibility index (Phi) is 4.87. The van der Waals surface area contributed by atoms with Gasteiger partial charge in [0.2, 0.25) is 0 Å². The Balaban J connectivity index is 1.78. The van der Waals surface area contributed by atoms with Gasteiger partial charge in [-0.25, -0.2) is 4.98 Å². The highest BCUT2D eigenvalue weighted by molar-refractivity contribution is 5.99. The van der Waals surface area contributed by atoms with Crippen LogP contribution in [-0.2, 0) is 6.42 Å². The Morgan fingerprint density at radius 1 is 1.25 bits per heavy atom. The molecule has 0 aromatic carbocycles. The third kappa shape index (κ3) is 3.38. The molecule has 0 bridgehead atoms. The van der Waals surface area contributed by atoms with Crippen LogP contribution in [0, 0.1) is 0 Å². The van der Waals surface area contributed by atoms with E-state index in [1.807, 2.05) is 37.2 Å². The number of hydrogen-bond acceptors (Lipinski definition) is 6. The smallest absolute Gasteiger partial charge is 0.257 e. The number of nitrogens with zero attached hydrogens (tertiary/aromatic N) is 3. The van der Waals surface area contributed by atoms with Crippen molar-refractivity contribution in [1.29, 1.82) is 0 Å². The zero-order valence-corrected chi connectivity index (χ0v) is 16.2. The lowest BCUT2D eigenvalue weighted by Crippen LogP contribution is -2.31. The average molecular weight is 381 g/mol. The number of pyridine rings is 2. The van der Waals surface area contributed by atoms with Crippen LogP contribution in [0.5, 0.6) is 11.6 Å². The molecule has 1 aliphatic heterocycles. The first-order valence-corrected chi connectivity index (χ1v) is 9.18. The van der Waals surface area contributed by atoms with E-state index in [9.17, 15) is 4.79 Å². The van der Waals surface area contributed by atoms with Gasteiger partial charge in [0.1, 0.15) is 12.1 Å². The Bertz CT molecular complexity index is 1030. The summed E-state index contributed by atoms with van der Waals surface area (Å²) in [4.78, 5) is 26.6. The normalized spacial score (nSPS) is 13.5. The number of carbonyl (C=O) groups is 1. The van der Waals surface area contributed by atoms with E-state index in [4.69, 9.17) is 14.5 Å². The number of likely N-dealkylation sites (N-methyl/N-ethyl adjacent to an activating group) is 1. The summed E-state index contributed by atoms with van der Waals surface area (Å²) in [5.74, 6) is 0.922. The van der Waals surface area contributed by atoms with Crippen molar-refractivity contribution in [3.63, 3.8) is 0 Å². The summed E-state index contributed by atoms with van der Waals surface area (Å²) in [5, 5.41) is 2.87. The topological polar surface area (TPSA) is 92.4 Å². The third-order valence-electron chi connectivity index (χ3n) is 4.74. The maximum Gasteiger partial charge on any atom is 0.257 e. The monoisotopic (exact) mass is 381 g/mol. The van der Waals surface area contributed by atoms with Crippen molar-refractivity contribution >= 4 is 16.9 Å². The summed E-state index contributed by atoms with van der Waals surface area (Å²) in [6, 6.07) is 5.59. The molecule has 2 N–H and O–H groups in total. The number of carbonyl (C=O) groups excluding carboxylic acids is 1. The van der Waals surface area contributed by atoms with Crippen molar-refractivity contribution in [1.82, 2.24) is 25.2 Å². The molecule has 0 fully saturated rings. The van der Waals surface area contributed by atoms with Gasteiger partial charge in [-0.3, -0.25) is 9.78 Å². The van der Waals surface area contributed by atoms with Crippen LogP contribution in [0.2, 0.25) is 0 Å². The number of nitrogens with one attached hydrogen (secondary N) is 2. The van der Waals surface area contributed by atoms with E-state index < -0.39 is 0 Å². The van der Waals surface area contributed by atoms with Gasteiger partial charge >= 0.3 is 0 Å². The molecule has 0 spiro atoms. The molecule has 0 saturated carbocycles. The molecule has 1 aliphatic rings. The first kappa shape index (κ1) is 18.2. The van der Waals surface area contributed by atoms with Gasteiger partial charge in [0, 0.05) is 48.7 Å². The zero-order valence-electron chi connectivity index (χ0n) is 16.2. The lowest BCUT2D eigenvalue weighted by atomic mass is 10.1. The highest BCUT2D eigenvalue weighted by Crippen LogP contribution is 2.34. The van der Waals surface area contributed by atoms with E-state index in [0.717, 1.165) is 29.9 Å².